The number of nitrogens with zero attached hydrogens (tertiary/aromatic N) is 1. The van der Waals surface area contributed by atoms with Gasteiger partial charge >= 0.3 is 0 Å². The van der Waals surface area contributed by atoms with Crippen molar-refractivity contribution in [2.24, 2.45) is 5.41 Å². The van der Waals surface area contributed by atoms with Crippen molar-refractivity contribution in [2.75, 3.05) is 31.2 Å². The summed E-state index contributed by atoms with van der Waals surface area (Å²) >= 11 is 1.56. The Morgan fingerprint density at radius 3 is 2.54 bits per heavy atom. The topological polar surface area (TPSA) is 49.8 Å². The maximum atomic E-state index is 12.6. The van der Waals surface area contributed by atoms with Crippen LogP contribution in [0.25, 0.3) is 0 Å². The Morgan fingerprint density at radius 1 is 1.25 bits per heavy atom. The number of anilines is 1. The van der Waals surface area contributed by atoms with Crippen LogP contribution in [-0.4, -0.2) is 42.8 Å². The molecule has 1 aromatic heterocycles. The summed E-state index contributed by atoms with van der Waals surface area (Å²) in [6, 6.07) is 0. The summed E-state index contributed by atoms with van der Waals surface area (Å²) < 4.78 is 5.45. The largest absolute Gasteiger partial charge is 0.378 e. The zero-order valence-corrected chi connectivity index (χ0v) is 15.7. The average molecular weight is 347 g/mol. The van der Waals surface area contributed by atoms with Crippen LogP contribution >= 0.6 is 11.3 Å². The van der Waals surface area contributed by atoms with E-state index >= 15 is 0 Å². The highest BCUT2D eigenvalue weighted by Crippen LogP contribution is 2.44. The molecule has 2 aliphatic rings. The van der Waals surface area contributed by atoms with Crippen molar-refractivity contribution >= 4 is 22.1 Å². The van der Waals surface area contributed by atoms with Gasteiger partial charge in [-0.1, -0.05) is 25.7 Å². The monoisotopic (exact) mass is 347 g/mol. The average Bonchev–Trinajstić information content (AvgIpc) is 2.83. The fourth-order valence-corrected chi connectivity index (χ4v) is 4.50. The van der Waals surface area contributed by atoms with E-state index in [2.05, 4.69) is 30.6 Å². The first-order chi connectivity index (χ1) is 11.2. The molecule has 0 bridgehead atoms. The molecule has 1 N–H and O–H groups in total. The van der Waals surface area contributed by atoms with E-state index in [1.807, 2.05) is 0 Å². The Labute approximate surface area is 147 Å². The molecular weight excluding hydrogens is 322 g/mol. The van der Waals surface area contributed by atoms with Crippen LogP contribution in [0.2, 0.25) is 0 Å². The summed E-state index contributed by atoms with van der Waals surface area (Å²) in [7, 11) is 0. The van der Waals surface area contributed by atoms with Crippen molar-refractivity contribution in [3.63, 3.8) is 0 Å². The van der Waals surface area contributed by atoms with Crippen LogP contribution in [0.5, 0.6) is 0 Å². The lowest BCUT2D eigenvalue weighted by Crippen LogP contribution is -2.36. The minimum absolute atomic E-state index is 0.0431. The molecular formula is C19H25NO3S. The highest BCUT2D eigenvalue weighted by molar-refractivity contribution is 7.18. The number of ketones is 1. The van der Waals surface area contributed by atoms with E-state index < -0.39 is 5.60 Å². The molecule has 1 aliphatic heterocycles. The lowest BCUT2D eigenvalue weighted by Gasteiger charge is -2.29. The Balaban J connectivity index is 2.11. The van der Waals surface area contributed by atoms with E-state index in [0.29, 0.717) is 19.6 Å². The Hall–Kier alpha value is -1.35. The molecule has 1 saturated heterocycles. The molecule has 24 heavy (non-hydrogen) atoms. The van der Waals surface area contributed by atoms with Gasteiger partial charge in [-0.3, -0.25) is 4.79 Å². The molecule has 1 aliphatic carbocycles. The van der Waals surface area contributed by atoms with E-state index in [1.54, 1.807) is 25.2 Å². The van der Waals surface area contributed by atoms with E-state index in [1.165, 1.54) is 0 Å². The first kappa shape index (κ1) is 17.5. The third-order valence-corrected chi connectivity index (χ3v) is 5.66. The molecule has 0 aromatic carbocycles. The van der Waals surface area contributed by atoms with Crippen molar-refractivity contribution in [1.82, 2.24) is 0 Å². The lowest BCUT2D eigenvalue weighted by molar-refractivity contribution is 0.0917. The second-order valence-corrected chi connectivity index (χ2v) is 8.94. The Kier molecular flexibility index (Phi) is 4.50. The summed E-state index contributed by atoms with van der Waals surface area (Å²) in [4.78, 5) is 15.7. The normalized spacial score (nSPS) is 20.4. The number of Topliss-reactive ketones (excluding diaryl/α,β-unsaturated/α-hetero) is 1. The van der Waals surface area contributed by atoms with Gasteiger partial charge in [0.25, 0.3) is 0 Å². The van der Waals surface area contributed by atoms with Gasteiger partial charge in [0.2, 0.25) is 0 Å². The third-order valence-electron chi connectivity index (χ3n) is 4.33. The zero-order valence-electron chi connectivity index (χ0n) is 14.9. The standard InChI is InChI=1S/C19H25NO3S/c1-18(2)11-14-13(5-6-19(3,4)22)17(20-7-9-23-10-8-20)24-16(14)15(21)12-18/h22H,7-12H2,1-4H3. The molecule has 0 unspecified atom stereocenters. The summed E-state index contributed by atoms with van der Waals surface area (Å²) in [5.41, 5.74) is 0.906. The van der Waals surface area contributed by atoms with Gasteiger partial charge in [-0.15, -0.1) is 11.3 Å². The number of hydrogen-bond acceptors (Lipinski definition) is 5. The number of ether oxygens (including phenoxy) is 1. The molecule has 0 amide bonds. The smallest absolute Gasteiger partial charge is 0.173 e. The first-order valence-corrected chi connectivity index (χ1v) is 9.25. The maximum Gasteiger partial charge on any atom is 0.173 e. The number of aliphatic hydroxyl groups is 1. The Morgan fingerprint density at radius 2 is 1.92 bits per heavy atom. The van der Waals surface area contributed by atoms with Crippen molar-refractivity contribution in [3.8, 4) is 11.8 Å². The number of fused-ring (bicyclic) bond motifs is 1. The number of carbonyl (C=O) groups is 1. The van der Waals surface area contributed by atoms with E-state index in [-0.39, 0.29) is 11.2 Å². The minimum atomic E-state index is -1.05. The summed E-state index contributed by atoms with van der Waals surface area (Å²) in [6.45, 7) is 10.6. The van der Waals surface area contributed by atoms with Gasteiger partial charge in [-0.05, 0) is 31.2 Å². The van der Waals surface area contributed by atoms with Gasteiger partial charge in [0.1, 0.15) is 10.6 Å². The van der Waals surface area contributed by atoms with Gasteiger partial charge < -0.3 is 14.7 Å². The fraction of sp³-hybridized carbons (Fsp3) is 0.632. The van der Waals surface area contributed by atoms with Gasteiger partial charge in [0.05, 0.1) is 23.7 Å². The van der Waals surface area contributed by atoms with Crippen LogP contribution in [0.1, 0.15) is 54.9 Å². The first-order valence-electron chi connectivity index (χ1n) is 8.43. The van der Waals surface area contributed by atoms with Crippen molar-refractivity contribution in [3.05, 3.63) is 16.0 Å². The second kappa shape index (κ2) is 6.18. The van der Waals surface area contributed by atoms with Crippen LogP contribution in [-0.2, 0) is 11.2 Å². The SMILES string of the molecule is CC(C)(O)C#Cc1c(N2CCOCC2)sc2c1CC(C)(C)CC2=O. The minimum Gasteiger partial charge on any atom is -0.378 e. The molecule has 0 atom stereocenters. The summed E-state index contributed by atoms with van der Waals surface area (Å²) in [6.07, 6.45) is 1.44. The molecule has 2 heterocycles. The molecule has 5 heteroatoms. The van der Waals surface area contributed by atoms with Crippen LogP contribution < -0.4 is 4.90 Å². The predicted octanol–water partition coefficient (Wildman–Crippen LogP) is 2.86. The summed E-state index contributed by atoms with van der Waals surface area (Å²) in [5.74, 6) is 6.35. The highest BCUT2D eigenvalue weighted by Gasteiger charge is 2.36. The zero-order chi connectivity index (χ0) is 17.5. The second-order valence-electron chi connectivity index (χ2n) is 7.94. The van der Waals surface area contributed by atoms with Gasteiger partial charge in [0, 0.05) is 19.5 Å². The quantitative estimate of drug-likeness (QED) is 0.794. The number of morpholine rings is 1. The highest BCUT2D eigenvalue weighted by atomic mass is 32.1. The van der Waals surface area contributed by atoms with Crippen LogP contribution in [0, 0.1) is 17.3 Å². The lowest BCUT2D eigenvalue weighted by atomic mass is 9.75. The molecule has 0 saturated carbocycles. The van der Waals surface area contributed by atoms with E-state index in [9.17, 15) is 9.90 Å². The number of rotatable bonds is 1. The van der Waals surface area contributed by atoms with Gasteiger partial charge in [-0.2, -0.15) is 0 Å². The van der Waals surface area contributed by atoms with Crippen molar-refractivity contribution in [2.45, 2.75) is 46.1 Å². The Bertz CT molecular complexity index is 709. The van der Waals surface area contributed by atoms with E-state index in [4.69, 9.17) is 4.74 Å². The molecule has 0 radical (unpaired) electrons. The van der Waals surface area contributed by atoms with E-state index in [0.717, 1.165) is 40.5 Å². The third kappa shape index (κ3) is 3.66. The molecule has 4 nitrogen and oxygen atoms in total. The fourth-order valence-electron chi connectivity index (χ4n) is 3.24. The molecule has 0 spiro atoms. The molecule has 3 rings (SSSR count). The molecule has 130 valence electrons. The van der Waals surface area contributed by atoms with Crippen molar-refractivity contribution < 1.29 is 14.6 Å². The maximum absolute atomic E-state index is 12.6. The predicted molar refractivity (Wildman–Crippen MR) is 97.0 cm³/mol. The molecule has 1 fully saturated rings. The molecule has 1 aromatic rings. The number of thiophene rings is 1. The van der Waals surface area contributed by atoms with Crippen LogP contribution in [0.4, 0.5) is 5.00 Å². The van der Waals surface area contributed by atoms with Crippen LogP contribution in [0.3, 0.4) is 0 Å². The van der Waals surface area contributed by atoms with Crippen LogP contribution in [0.15, 0.2) is 0 Å². The summed E-state index contributed by atoms with van der Waals surface area (Å²) in [5, 5.41) is 11.1. The van der Waals surface area contributed by atoms with Gasteiger partial charge in [-0.25, -0.2) is 0 Å². The number of hydrogen-bond donors (Lipinski definition) is 1. The van der Waals surface area contributed by atoms with Gasteiger partial charge in [0.15, 0.2) is 5.78 Å². The number of carbonyl (C=O) groups excluding carboxylic acids is 1. The van der Waals surface area contributed by atoms with Crippen molar-refractivity contribution in [1.29, 1.82) is 0 Å².